The summed E-state index contributed by atoms with van der Waals surface area (Å²) >= 11 is 0. The van der Waals surface area contributed by atoms with Gasteiger partial charge in [0.25, 0.3) is 0 Å². The van der Waals surface area contributed by atoms with E-state index >= 15 is 0 Å². The predicted molar refractivity (Wildman–Crippen MR) is 66.4 cm³/mol. The van der Waals surface area contributed by atoms with Gasteiger partial charge in [-0.15, -0.1) is 0 Å². The molecule has 0 aliphatic rings. The van der Waals surface area contributed by atoms with Gasteiger partial charge in [-0.2, -0.15) is 0 Å². The highest BCUT2D eigenvalue weighted by Gasteiger charge is 1.95. The Morgan fingerprint density at radius 1 is 0.846 bits per heavy atom. The molecule has 0 aromatic heterocycles. The lowest BCUT2D eigenvalue weighted by Gasteiger charge is -1.96. The van der Waals surface area contributed by atoms with Crippen molar-refractivity contribution in [3.8, 4) is 0 Å². The molecule has 57 valence electrons. The third kappa shape index (κ3) is 5.93. The normalized spacial score (nSPS) is 10.2. The fourth-order valence-corrected chi connectivity index (χ4v) is 28.6. The van der Waals surface area contributed by atoms with Crippen LogP contribution in [0, 0.1) is 0 Å². The first-order valence-corrected chi connectivity index (χ1v) is 16.2. The van der Waals surface area contributed by atoms with Gasteiger partial charge in [-0.1, -0.05) is 35.5 Å². The molecule has 13 heavy (non-hydrogen) atoms. The van der Waals surface area contributed by atoms with Gasteiger partial charge in [-0.25, -0.2) is 0 Å². The van der Waals surface area contributed by atoms with Crippen LogP contribution in [0.1, 0.15) is 0 Å². The van der Waals surface area contributed by atoms with E-state index in [1.54, 1.807) is 0 Å². The van der Waals surface area contributed by atoms with Gasteiger partial charge in [-0.05, 0) is 0 Å². The highest BCUT2D eigenvalue weighted by molar-refractivity contribution is 7.62. The highest BCUT2D eigenvalue weighted by Crippen LogP contribution is 1.79. The van der Waals surface area contributed by atoms with E-state index in [1.807, 2.05) is 0 Å². The van der Waals surface area contributed by atoms with Crippen LogP contribution in [-0.2, 0) is 0 Å². The molecule has 0 spiro atoms. The minimum atomic E-state index is 0.996. The second-order valence-electron chi connectivity index (χ2n) is 2.12. The summed E-state index contributed by atoms with van der Waals surface area (Å²) < 4.78 is 0. The van der Waals surface area contributed by atoms with Gasteiger partial charge in [0.05, 0.1) is 9.04 Å². The Hall–Kier alpha value is 0.738. The van der Waals surface area contributed by atoms with Gasteiger partial charge in [0.1, 0.15) is 0 Å². The molecule has 0 aliphatic carbocycles. The van der Waals surface area contributed by atoms with E-state index in [0.29, 0.717) is 0 Å². The van der Waals surface area contributed by atoms with Crippen molar-refractivity contribution in [2.24, 2.45) is 0 Å². The van der Waals surface area contributed by atoms with Crippen LogP contribution in [0.15, 0.2) is 30.3 Å². The first kappa shape index (κ1) is 11.8. The van der Waals surface area contributed by atoms with E-state index in [4.69, 9.17) is 0 Å². The minimum Gasteiger partial charge on any atom is -0.0681 e. The summed E-state index contributed by atoms with van der Waals surface area (Å²) in [5.41, 5.74) is 0. The van der Waals surface area contributed by atoms with Crippen molar-refractivity contribution in [1.82, 2.24) is 0 Å². The van der Waals surface area contributed by atoms with Gasteiger partial charge in [0, 0.05) is 52.5 Å². The Bertz CT molecular complexity index is 213. The smallest absolute Gasteiger partial charge is 0.0604 e. The zero-order chi connectivity index (χ0) is 9.36. The van der Waals surface area contributed by atoms with Crippen LogP contribution < -0.4 is 5.19 Å². The molecular weight excluding hydrogens is 269 g/mol. The number of benzene rings is 1. The summed E-state index contributed by atoms with van der Waals surface area (Å²) in [6.07, 6.45) is 0. The van der Waals surface area contributed by atoms with Crippen LogP contribution in [0.5, 0.6) is 0 Å². The Labute approximate surface area is 96.8 Å². The molecule has 1 aromatic rings. The largest absolute Gasteiger partial charge is 0.0681 e. The molecule has 0 unspecified atom stereocenters. The first-order chi connectivity index (χ1) is 6.43. The first-order valence-electron chi connectivity index (χ1n) is 3.66. The third-order valence-corrected chi connectivity index (χ3v) is 24.3. The average Bonchev–Trinajstić information content (AvgIpc) is 2.19. The van der Waals surface area contributed by atoms with Gasteiger partial charge in [0.15, 0.2) is 0 Å². The molecule has 0 atom stereocenters. The monoisotopic (exact) mass is 273 g/mol. The molecule has 0 amide bonds. The van der Waals surface area contributed by atoms with Crippen molar-refractivity contribution in [3.05, 3.63) is 30.3 Å². The maximum absolute atomic E-state index is 3.55. The maximum atomic E-state index is 3.55. The second kappa shape index (κ2) is 8.08. The lowest BCUT2D eigenvalue weighted by molar-refractivity contribution is 1.77. The lowest BCUT2D eigenvalue weighted by Crippen LogP contribution is -2.31. The molecule has 0 saturated carbocycles. The van der Waals surface area contributed by atoms with Gasteiger partial charge in [0.2, 0.25) is 0 Å². The van der Waals surface area contributed by atoms with Crippen molar-refractivity contribution >= 4 is 66.8 Å². The van der Waals surface area contributed by atoms with Gasteiger partial charge in [-0.3, -0.25) is 0 Å². The van der Waals surface area contributed by atoms with E-state index in [1.165, 1.54) is 39.4 Å². The molecular formula is C6H5Si7. The minimum absolute atomic E-state index is 0.996. The van der Waals surface area contributed by atoms with Crippen molar-refractivity contribution in [2.75, 3.05) is 0 Å². The number of hydrogen-bond acceptors (Lipinski definition) is 0. The van der Waals surface area contributed by atoms with Crippen LogP contribution in [0.25, 0.3) is 0 Å². The quantitative estimate of drug-likeness (QED) is 0.424. The van der Waals surface area contributed by atoms with E-state index < -0.39 is 0 Å². The Balaban J connectivity index is 2.07. The van der Waals surface area contributed by atoms with E-state index in [0.717, 1.165) is 17.6 Å². The SMILES string of the molecule is [Si][Si][Si][Si][Si][Si][Si]c1ccccc1. The molecule has 0 fully saturated rings. The van der Waals surface area contributed by atoms with E-state index in [2.05, 4.69) is 40.1 Å². The van der Waals surface area contributed by atoms with Crippen molar-refractivity contribution in [2.45, 2.75) is 0 Å². The third-order valence-electron chi connectivity index (χ3n) is 1.23. The molecule has 7 heteroatoms. The van der Waals surface area contributed by atoms with Crippen molar-refractivity contribution in [3.63, 3.8) is 0 Å². The number of hydrogen-bond donors (Lipinski definition) is 0. The van der Waals surface area contributed by atoms with E-state index in [-0.39, 0.29) is 0 Å². The highest BCUT2D eigenvalue weighted by atomic mass is 29.9. The molecule has 0 heterocycles. The number of rotatable bonds is 6. The molecule has 0 N–H and O–H groups in total. The molecule has 0 nitrogen and oxygen atoms in total. The average molecular weight is 274 g/mol. The summed E-state index contributed by atoms with van der Waals surface area (Å²) in [5.74, 6) is 0. The van der Waals surface area contributed by atoms with Crippen LogP contribution in [0.4, 0.5) is 0 Å². The van der Waals surface area contributed by atoms with Crippen LogP contribution in [0.3, 0.4) is 0 Å². The van der Waals surface area contributed by atoms with Gasteiger partial charge < -0.3 is 0 Å². The fourth-order valence-electron chi connectivity index (χ4n) is 0.719. The predicted octanol–water partition coefficient (Wildman–Crippen LogP) is -1.80. The zero-order valence-corrected chi connectivity index (χ0v) is 13.9. The lowest BCUT2D eigenvalue weighted by atomic mass is 10.4. The molecule has 0 saturated heterocycles. The topological polar surface area (TPSA) is 0 Å². The molecule has 0 aliphatic heterocycles. The summed E-state index contributed by atoms with van der Waals surface area (Å²) in [6.45, 7) is 0. The summed E-state index contributed by atoms with van der Waals surface area (Å²) in [5, 5.41) is 1.53. The Kier molecular flexibility index (Phi) is 7.34. The molecule has 1 rings (SSSR count). The zero-order valence-electron chi connectivity index (χ0n) is 6.89. The maximum Gasteiger partial charge on any atom is 0.0604 e. The van der Waals surface area contributed by atoms with Crippen LogP contribution in [-0.4, -0.2) is 61.6 Å². The second-order valence-corrected chi connectivity index (χ2v) is 19.9. The molecule has 15 radical (unpaired) electrons. The van der Waals surface area contributed by atoms with Crippen LogP contribution in [0.2, 0.25) is 0 Å². The summed E-state index contributed by atoms with van der Waals surface area (Å²) in [7, 11) is 10.4. The molecule has 1 aromatic carbocycles. The Morgan fingerprint density at radius 3 is 2.23 bits per heavy atom. The summed E-state index contributed by atoms with van der Waals surface area (Å²) in [4.78, 5) is 0. The van der Waals surface area contributed by atoms with Crippen LogP contribution >= 0.6 is 0 Å². The Morgan fingerprint density at radius 2 is 1.54 bits per heavy atom. The standard InChI is InChI=1S/C6H5Si7/c7-9-11-13-12-10-8-6-4-2-1-3-5-6/h1-5H. The molecule has 0 bridgehead atoms. The fraction of sp³-hybridized carbons (Fsp3) is 0. The van der Waals surface area contributed by atoms with Gasteiger partial charge >= 0.3 is 0 Å². The summed E-state index contributed by atoms with van der Waals surface area (Å²) in [6, 6.07) is 10.9. The van der Waals surface area contributed by atoms with Crippen molar-refractivity contribution < 1.29 is 0 Å². The van der Waals surface area contributed by atoms with Crippen molar-refractivity contribution in [1.29, 1.82) is 0 Å². The van der Waals surface area contributed by atoms with E-state index in [9.17, 15) is 0 Å².